The first-order valence-electron chi connectivity index (χ1n) is 10.1. The normalized spacial score (nSPS) is 12.2. The lowest BCUT2D eigenvalue weighted by Gasteiger charge is -2.09. The van der Waals surface area contributed by atoms with Crippen LogP contribution in [0.3, 0.4) is 0 Å². The minimum absolute atomic E-state index is 0.270. The highest BCUT2D eigenvalue weighted by molar-refractivity contribution is 7.90. The summed E-state index contributed by atoms with van der Waals surface area (Å²) in [5.41, 5.74) is 4.64. The van der Waals surface area contributed by atoms with Crippen molar-refractivity contribution >= 4 is 44.0 Å². The molecule has 5 aromatic rings. The molecule has 31 heavy (non-hydrogen) atoms. The Kier molecular flexibility index (Phi) is 4.72. The van der Waals surface area contributed by atoms with E-state index in [9.17, 15) is 8.42 Å². The van der Waals surface area contributed by atoms with Gasteiger partial charge < -0.3 is 0 Å². The van der Waals surface area contributed by atoms with Crippen LogP contribution in [0.15, 0.2) is 102 Å². The van der Waals surface area contributed by atoms with Gasteiger partial charge in [-0.1, -0.05) is 90.5 Å². The Morgan fingerprint density at radius 3 is 1.58 bits per heavy atom. The maximum Gasteiger partial charge on any atom is 0.268 e. The van der Waals surface area contributed by atoms with Crippen LogP contribution < -0.4 is 0 Å². The van der Waals surface area contributed by atoms with Gasteiger partial charge in [-0.3, -0.25) is 0 Å². The average Bonchev–Trinajstić information content (AvgIpc) is 3.14. The molecule has 0 radical (unpaired) electrons. The lowest BCUT2D eigenvalue weighted by atomic mass is 10.1. The zero-order valence-corrected chi connectivity index (χ0v) is 17.9. The van der Waals surface area contributed by atoms with E-state index in [4.69, 9.17) is 0 Å². The summed E-state index contributed by atoms with van der Waals surface area (Å²) >= 11 is 0. The molecule has 1 aromatic heterocycles. The summed E-state index contributed by atoms with van der Waals surface area (Å²) in [5.74, 6) is 0. The van der Waals surface area contributed by atoms with Gasteiger partial charge in [0.15, 0.2) is 0 Å². The van der Waals surface area contributed by atoms with Crippen molar-refractivity contribution in [3.8, 4) is 0 Å². The van der Waals surface area contributed by atoms with Crippen LogP contribution >= 0.6 is 0 Å². The molecule has 0 aliphatic rings. The molecule has 0 saturated heterocycles. The molecule has 0 N–H and O–H groups in total. The molecule has 0 saturated carbocycles. The van der Waals surface area contributed by atoms with Gasteiger partial charge in [0.25, 0.3) is 10.0 Å². The van der Waals surface area contributed by atoms with Crippen molar-refractivity contribution in [2.45, 2.75) is 11.8 Å². The Balaban J connectivity index is 1.55. The van der Waals surface area contributed by atoms with Crippen molar-refractivity contribution in [3.05, 3.63) is 114 Å². The second-order valence-corrected chi connectivity index (χ2v) is 9.40. The number of para-hydroxylation sites is 2. The molecule has 0 unspecified atom stereocenters. The number of rotatable bonds is 4. The van der Waals surface area contributed by atoms with Crippen LogP contribution in [0.2, 0.25) is 0 Å². The van der Waals surface area contributed by atoms with Crippen LogP contribution in [-0.2, 0) is 10.0 Å². The Labute approximate surface area is 181 Å². The number of aromatic nitrogens is 1. The van der Waals surface area contributed by atoms with E-state index in [-0.39, 0.29) is 4.90 Å². The Hall–Kier alpha value is -3.63. The smallest absolute Gasteiger partial charge is 0.233 e. The first-order chi connectivity index (χ1) is 15.0. The molecule has 4 aromatic carbocycles. The predicted octanol–water partition coefficient (Wildman–Crippen LogP) is 6.51. The monoisotopic (exact) mass is 423 g/mol. The fraction of sp³-hybridized carbons (Fsp3) is 0.0370. The summed E-state index contributed by atoms with van der Waals surface area (Å²) in [4.78, 5) is 0.270. The van der Waals surface area contributed by atoms with Crippen molar-refractivity contribution in [3.63, 3.8) is 0 Å². The predicted molar refractivity (Wildman–Crippen MR) is 129 cm³/mol. The zero-order chi connectivity index (χ0) is 21.4. The van der Waals surface area contributed by atoms with Gasteiger partial charge in [0.1, 0.15) is 0 Å². The van der Waals surface area contributed by atoms with Crippen LogP contribution in [0.4, 0.5) is 0 Å². The van der Waals surface area contributed by atoms with Crippen molar-refractivity contribution in [1.29, 1.82) is 0 Å². The van der Waals surface area contributed by atoms with Gasteiger partial charge >= 0.3 is 0 Å². The van der Waals surface area contributed by atoms with Gasteiger partial charge in [0, 0.05) is 10.8 Å². The third kappa shape index (κ3) is 3.45. The van der Waals surface area contributed by atoms with E-state index in [1.165, 1.54) is 9.54 Å². The Morgan fingerprint density at radius 1 is 0.613 bits per heavy atom. The Bertz CT molecular complexity index is 1470. The highest BCUT2D eigenvalue weighted by atomic mass is 32.2. The molecule has 0 atom stereocenters. The molecule has 1 heterocycles. The molecule has 4 heteroatoms. The molecule has 0 spiro atoms. The van der Waals surface area contributed by atoms with Crippen molar-refractivity contribution < 1.29 is 8.42 Å². The SMILES string of the molecule is Cc1ccc(/C=C/c2ccc(S(=O)(=O)n3c4ccccc4c4ccccc43)cc2)cc1. The van der Waals surface area contributed by atoms with E-state index in [0.29, 0.717) is 11.0 Å². The van der Waals surface area contributed by atoms with Crippen LogP contribution in [0.1, 0.15) is 16.7 Å². The first kappa shape index (κ1) is 19.3. The molecule has 0 bridgehead atoms. The number of hydrogen-bond donors (Lipinski definition) is 0. The zero-order valence-electron chi connectivity index (χ0n) is 17.1. The summed E-state index contributed by atoms with van der Waals surface area (Å²) in [7, 11) is -3.74. The third-order valence-electron chi connectivity index (χ3n) is 5.50. The van der Waals surface area contributed by atoms with Gasteiger partial charge in [0.2, 0.25) is 0 Å². The van der Waals surface area contributed by atoms with Crippen LogP contribution in [-0.4, -0.2) is 12.4 Å². The lowest BCUT2D eigenvalue weighted by Crippen LogP contribution is -2.12. The molecular formula is C27H21NO2S. The first-order valence-corrected chi connectivity index (χ1v) is 11.6. The summed E-state index contributed by atoms with van der Waals surface area (Å²) in [6.07, 6.45) is 4.01. The summed E-state index contributed by atoms with van der Waals surface area (Å²) in [6.45, 7) is 2.06. The lowest BCUT2D eigenvalue weighted by molar-refractivity contribution is 0.590. The second kappa shape index (κ2) is 7.56. The molecule has 0 aliphatic heterocycles. The van der Waals surface area contributed by atoms with Crippen LogP contribution in [0, 0.1) is 6.92 Å². The highest BCUT2D eigenvalue weighted by Gasteiger charge is 2.22. The molecular weight excluding hydrogens is 402 g/mol. The molecule has 0 fully saturated rings. The number of nitrogens with zero attached hydrogens (tertiary/aromatic N) is 1. The fourth-order valence-corrected chi connectivity index (χ4v) is 5.40. The van der Waals surface area contributed by atoms with Gasteiger partial charge in [0.05, 0.1) is 15.9 Å². The fourth-order valence-electron chi connectivity index (χ4n) is 3.87. The minimum atomic E-state index is -3.74. The largest absolute Gasteiger partial charge is 0.268 e. The molecule has 3 nitrogen and oxygen atoms in total. The van der Waals surface area contributed by atoms with Crippen molar-refractivity contribution in [2.75, 3.05) is 0 Å². The number of benzene rings is 4. The van der Waals surface area contributed by atoms with E-state index < -0.39 is 10.0 Å². The van der Waals surface area contributed by atoms with E-state index in [2.05, 4.69) is 31.2 Å². The maximum absolute atomic E-state index is 13.6. The third-order valence-corrected chi connectivity index (χ3v) is 7.24. The van der Waals surface area contributed by atoms with E-state index in [0.717, 1.165) is 21.9 Å². The van der Waals surface area contributed by atoms with Crippen LogP contribution in [0.5, 0.6) is 0 Å². The summed E-state index contributed by atoms with van der Waals surface area (Å²) < 4.78 is 28.6. The maximum atomic E-state index is 13.6. The van der Waals surface area contributed by atoms with Gasteiger partial charge in [-0.25, -0.2) is 12.4 Å². The van der Waals surface area contributed by atoms with E-state index >= 15 is 0 Å². The summed E-state index contributed by atoms with van der Waals surface area (Å²) in [6, 6.07) is 30.5. The number of aryl methyl sites for hydroxylation is 1. The number of fused-ring (bicyclic) bond motifs is 3. The van der Waals surface area contributed by atoms with Crippen molar-refractivity contribution in [1.82, 2.24) is 3.97 Å². The quantitative estimate of drug-likeness (QED) is 0.309. The summed E-state index contributed by atoms with van der Waals surface area (Å²) in [5, 5.41) is 1.86. The minimum Gasteiger partial charge on any atom is -0.233 e. The highest BCUT2D eigenvalue weighted by Crippen LogP contribution is 2.32. The van der Waals surface area contributed by atoms with E-state index in [1.807, 2.05) is 72.8 Å². The average molecular weight is 424 g/mol. The number of hydrogen-bond acceptors (Lipinski definition) is 2. The van der Waals surface area contributed by atoms with Crippen molar-refractivity contribution in [2.24, 2.45) is 0 Å². The van der Waals surface area contributed by atoms with Crippen LogP contribution in [0.25, 0.3) is 34.0 Å². The van der Waals surface area contributed by atoms with Gasteiger partial charge in [-0.2, -0.15) is 0 Å². The van der Waals surface area contributed by atoms with E-state index in [1.54, 1.807) is 12.1 Å². The molecule has 0 aliphatic carbocycles. The Morgan fingerprint density at radius 2 is 1.06 bits per heavy atom. The topological polar surface area (TPSA) is 39.1 Å². The van der Waals surface area contributed by atoms with Gasteiger partial charge in [-0.15, -0.1) is 0 Å². The second-order valence-electron chi connectivity index (χ2n) is 7.62. The molecule has 0 amide bonds. The molecule has 152 valence electrons. The molecule has 5 rings (SSSR count). The standard InChI is InChI=1S/C27H21NO2S/c1-20-10-12-21(13-11-20)14-15-22-16-18-23(19-17-22)31(29,30)28-26-8-4-2-6-24(26)25-7-3-5-9-27(25)28/h2-19H,1H3/b15-14+. The van der Waals surface area contributed by atoms with Gasteiger partial charge in [-0.05, 0) is 42.3 Å².